The van der Waals surface area contributed by atoms with E-state index >= 15 is 0 Å². The highest BCUT2D eigenvalue weighted by molar-refractivity contribution is 5.77. The number of fused-ring (bicyclic) bond motifs is 1. The number of benzene rings is 2. The van der Waals surface area contributed by atoms with Crippen molar-refractivity contribution in [3.63, 3.8) is 0 Å². The molecule has 0 atom stereocenters. The first-order valence-electron chi connectivity index (χ1n) is 5.64. The molecule has 0 bridgehead atoms. The van der Waals surface area contributed by atoms with E-state index in [1.165, 1.54) is 6.07 Å². The number of aromatic amines is 1. The van der Waals surface area contributed by atoms with Gasteiger partial charge in [-0.15, -0.1) is 0 Å². The predicted molar refractivity (Wildman–Crippen MR) is 75.4 cm³/mol. The van der Waals surface area contributed by atoms with Crippen LogP contribution in [-0.4, -0.2) is 4.98 Å². The van der Waals surface area contributed by atoms with Gasteiger partial charge >= 0.3 is 0 Å². The summed E-state index contributed by atoms with van der Waals surface area (Å²) in [6.45, 7) is 0. The zero-order valence-electron chi connectivity index (χ0n) is 9.84. The van der Waals surface area contributed by atoms with Crippen molar-refractivity contribution in [2.45, 2.75) is 0 Å². The third-order valence-corrected chi connectivity index (χ3v) is 2.43. The first-order chi connectivity index (χ1) is 8.75. The Morgan fingerprint density at radius 1 is 0.778 bits per heavy atom. The molecule has 0 unspecified atom stereocenters. The van der Waals surface area contributed by atoms with E-state index in [0.717, 1.165) is 16.6 Å². The van der Waals surface area contributed by atoms with Crippen molar-refractivity contribution in [1.29, 1.82) is 0 Å². The maximum absolute atomic E-state index is 10.8. The van der Waals surface area contributed by atoms with Crippen molar-refractivity contribution < 1.29 is 0 Å². The summed E-state index contributed by atoms with van der Waals surface area (Å²) in [4.78, 5) is 13.6. The van der Waals surface area contributed by atoms with E-state index in [0.29, 0.717) is 0 Å². The fourth-order valence-corrected chi connectivity index (χ4v) is 1.55. The van der Waals surface area contributed by atoms with Crippen LogP contribution in [0.4, 0.5) is 5.69 Å². The molecule has 0 aliphatic rings. The lowest BCUT2D eigenvalue weighted by atomic mass is 10.2. The number of nitrogen functional groups attached to an aromatic ring is 1. The summed E-state index contributed by atoms with van der Waals surface area (Å²) in [6.07, 6.45) is 0. The molecule has 3 aromatic rings. The van der Waals surface area contributed by atoms with Crippen LogP contribution in [0.25, 0.3) is 10.9 Å². The van der Waals surface area contributed by atoms with Gasteiger partial charge in [-0.25, -0.2) is 0 Å². The largest absolute Gasteiger partial charge is 0.399 e. The van der Waals surface area contributed by atoms with Gasteiger partial charge < -0.3 is 10.7 Å². The molecule has 1 aromatic heterocycles. The molecule has 1 heterocycles. The van der Waals surface area contributed by atoms with Gasteiger partial charge in [0.2, 0.25) is 5.56 Å². The molecule has 0 saturated heterocycles. The van der Waals surface area contributed by atoms with Crippen molar-refractivity contribution in [2.75, 3.05) is 5.73 Å². The minimum atomic E-state index is -0.0521. The minimum Gasteiger partial charge on any atom is -0.399 e. The number of aromatic nitrogens is 1. The van der Waals surface area contributed by atoms with Crippen molar-refractivity contribution in [2.24, 2.45) is 0 Å². The van der Waals surface area contributed by atoms with Crippen LogP contribution in [0.3, 0.4) is 0 Å². The average molecular weight is 238 g/mol. The highest BCUT2D eigenvalue weighted by Crippen LogP contribution is 2.06. The number of nitrogens with one attached hydrogen (secondary N) is 1. The smallest absolute Gasteiger partial charge is 0.248 e. The monoisotopic (exact) mass is 238 g/mol. The quantitative estimate of drug-likeness (QED) is 0.592. The van der Waals surface area contributed by atoms with Gasteiger partial charge in [-0.3, -0.25) is 4.79 Å². The number of nitrogens with two attached hydrogens (primary N) is 1. The van der Waals surface area contributed by atoms with Gasteiger partial charge in [0, 0.05) is 17.3 Å². The molecule has 0 spiro atoms. The van der Waals surface area contributed by atoms with E-state index in [4.69, 9.17) is 5.73 Å². The average Bonchev–Trinajstić information content (AvgIpc) is 2.40. The molecule has 3 nitrogen and oxygen atoms in total. The predicted octanol–water partition coefficient (Wildman–Crippen LogP) is 2.80. The molecule has 2 aromatic carbocycles. The number of anilines is 1. The normalized spacial score (nSPS) is 9.56. The number of H-pyrrole nitrogens is 1. The first-order valence-corrected chi connectivity index (χ1v) is 5.64. The van der Waals surface area contributed by atoms with Crippen LogP contribution >= 0.6 is 0 Å². The summed E-state index contributed by atoms with van der Waals surface area (Å²) in [6, 6.07) is 20.5. The van der Waals surface area contributed by atoms with E-state index in [9.17, 15) is 4.79 Å². The highest BCUT2D eigenvalue weighted by Gasteiger charge is 1.89. The highest BCUT2D eigenvalue weighted by atomic mass is 16.1. The summed E-state index contributed by atoms with van der Waals surface area (Å²) in [5, 5.41) is 1.06. The molecule has 18 heavy (non-hydrogen) atoms. The fraction of sp³-hybridized carbons (Fsp3) is 0. The molecule has 0 saturated carbocycles. The van der Waals surface area contributed by atoms with E-state index in [2.05, 4.69) is 4.98 Å². The van der Waals surface area contributed by atoms with Crippen molar-refractivity contribution in [3.05, 3.63) is 77.1 Å². The zero-order valence-corrected chi connectivity index (χ0v) is 9.84. The van der Waals surface area contributed by atoms with E-state index in [1.54, 1.807) is 0 Å². The number of rotatable bonds is 0. The lowest BCUT2D eigenvalue weighted by Gasteiger charge is -1.93. The molecule has 0 aliphatic heterocycles. The Hall–Kier alpha value is -2.55. The van der Waals surface area contributed by atoms with E-state index in [-0.39, 0.29) is 5.56 Å². The van der Waals surface area contributed by atoms with Crippen LogP contribution in [0.1, 0.15) is 0 Å². The molecule has 0 radical (unpaired) electrons. The number of pyridine rings is 1. The third kappa shape index (κ3) is 3.22. The third-order valence-electron chi connectivity index (χ3n) is 2.43. The standard InChI is InChI=1S/C9H7NO.C6H7N/c11-9-6-5-7-3-1-2-4-8(7)10-9;7-6-4-2-1-3-5-6/h1-6H,(H,10,11);1-5H,7H2. The molecule has 3 N–H and O–H groups in total. The Labute approximate surface area is 105 Å². The summed E-state index contributed by atoms with van der Waals surface area (Å²) in [5.41, 5.74) is 7.02. The lowest BCUT2D eigenvalue weighted by Crippen LogP contribution is -2.01. The second-order valence-corrected chi connectivity index (χ2v) is 3.82. The summed E-state index contributed by atoms with van der Waals surface area (Å²) >= 11 is 0. The molecule has 90 valence electrons. The van der Waals surface area contributed by atoms with Gasteiger partial charge in [0.25, 0.3) is 0 Å². The van der Waals surface area contributed by atoms with Crippen molar-refractivity contribution >= 4 is 16.6 Å². The van der Waals surface area contributed by atoms with Gasteiger partial charge in [0.05, 0.1) is 0 Å². The van der Waals surface area contributed by atoms with Gasteiger partial charge in [0.15, 0.2) is 0 Å². The Morgan fingerprint density at radius 3 is 2.11 bits per heavy atom. The van der Waals surface area contributed by atoms with Crippen LogP contribution < -0.4 is 11.3 Å². The van der Waals surface area contributed by atoms with Crippen LogP contribution in [0.2, 0.25) is 0 Å². The second-order valence-electron chi connectivity index (χ2n) is 3.82. The van der Waals surface area contributed by atoms with Crippen LogP contribution in [0, 0.1) is 0 Å². The molecule has 3 rings (SSSR count). The lowest BCUT2D eigenvalue weighted by molar-refractivity contribution is 1.31. The maximum Gasteiger partial charge on any atom is 0.248 e. The molecule has 0 amide bonds. The zero-order chi connectivity index (χ0) is 12.8. The van der Waals surface area contributed by atoms with Crippen LogP contribution in [0.5, 0.6) is 0 Å². The fourth-order valence-electron chi connectivity index (χ4n) is 1.55. The van der Waals surface area contributed by atoms with Crippen molar-refractivity contribution in [1.82, 2.24) is 4.98 Å². The van der Waals surface area contributed by atoms with Crippen LogP contribution in [-0.2, 0) is 0 Å². The summed E-state index contributed by atoms with van der Waals surface area (Å²) in [7, 11) is 0. The second kappa shape index (κ2) is 5.68. The summed E-state index contributed by atoms with van der Waals surface area (Å²) in [5.74, 6) is 0. The number of para-hydroxylation sites is 2. The topological polar surface area (TPSA) is 58.9 Å². The molecule has 0 aliphatic carbocycles. The van der Waals surface area contributed by atoms with Gasteiger partial charge in [-0.2, -0.15) is 0 Å². The van der Waals surface area contributed by atoms with Crippen LogP contribution in [0.15, 0.2) is 71.5 Å². The van der Waals surface area contributed by atoms with Gasteiger partial charge in [-0.1, -0.05) is 36.4 Å². The van der Waals surface area contributed by atoms with Gasteiger partial charge in [0.1, 0.15) is 0 Å². The Kier molecular flexibility index (Phi) is 3.76. The summed E-state index contributed by atoms with van der Waals surface area (Å²) < 4.78 is 0. The van der Waals surface area contributed by atoms with E-state index < -0.39 is 0 Å². The van der Waals surface area contributed by atoms with E-state index in [1.807, 2.05) is 60.7 Å². The molecule has 0 fully saturated rings. The van der Waals surface area contributed by atoms with Crippen molar-refractivity contribution in [3.8, 4) is 0 Å². The number of hydrogen-bond donors (Lipinski definition) is 2. The Balaban J connectivity index is 0.000000149. The molecular weight excluding hydrogens is 224 g/mol. The minimum absolute atomic E-state index is 0.0521. The Morgan fingerprint density at radius 2 is 1.44 bits per heavy atom. The SMILES string of the molecule is Nc1ccccc1.O=c1ccc2ccccc2[nH]1. The molecular formula is C15H14N2O. The first kappa shape index (κ1) is 11.9. The Bertz CT molecular complexity index is 674. The molecule has 3 heteroatoms. The maximum atomic E-state index is 10.8. The van der Waals surface area contributed by atoms with Gasteiger partial charge in [-0.05, 0) is 29.7 Å². The number of hydrogen-bond acceptors (Lipinski definition) is 2.